The maximum atomic E-state index is 13.4. The predicted octanol–water partition coefficient (Wildman–Crippen LogP) is -1.14. The van der Waals surface area contributed by atoms with Gasteiger partial charge in [-0.3, -0.25) is 15.1 Å². The third-order valence-corrected chi connectivity index (χ3v) is 3.62. The van der Waals surface area contributed by atoms with Crippen LogP contribution in [-0.4, -0.2) is 49.6 Å². The number of nitrogens with one attached hydrogen (secondary N) is 1. The van der Waals surface area contributed by atoms with Gasteiger partial charge in [0.2, 0.25) is 8.53 Å². The number of rotatable bonds is 4. The highest BCUT2D eigenvalue weighted by molar-refractivity contribution is 7.71. The Morgan fingerprint density at radius 1 is 1.57 bits per heavy atom. The largest absolute Gasteiger partial charge is 0.387 e. The van der Waals surface area contributed by atoms with Gasteiger partial charge in [0.25, 0.3) is 0 Å². The van der Waals surface area contributed by atoms with E-state index in [2.05, 4.69) is 17.2 Å². The van der Waals surface area contributed by atoms with Gasteiger partial charge in [-0.1, -0.05) is 12.2 Å². The fourth-order valence-electron chi connectivity index (χ4n) is 1.90. The molecule has 0 aliphatic carbocycles. The monoisotopic (exact) mass is 341 g/mol. The Bertz CT molecular complexity index is 624. The number of halogens is 1. The van der Waals surface area contributed by atoms with Gasteiger partial charge in [0.1, 0.15) is 23.0 Å². The molecule has 1 unspecified atom stereocenters. The summed E-state index contributed by atoms with van der Waals surface area (Å²) in [6.45, 7) is -0.298. The maximum absolute atomic E-state index is 13.4. The van der Waals surface area contributed by atoms with Crippen molar-refractivity contribution < 1.29 is 28.8 Å². The number of aliphatic hydroxyl groups excluding tert-OH is 2. The summed E-state index contributed by atoms with van der Waals surface area (Å²) < 4.78 is 23.8. The van der Waals surface area contributed by atoms with Gasteiger partial charge < -0.3 is 24.4 Å². The topological polar surface area (TPSA) is 143 Å². The van der Waals surface area contributed by atoms with Crippen LogP contribution < -0.4 is 11.2 Å². The highest BCUT2D eigenvalue weighted by atomic mass is 32.1. The van der Waals surface area contributed by atoms with Crippen LogP contribution >= 0.6 is 20.7 Å². The third-order valence-electron chi connectivity index (χ3n) is 2.91. The van der Waals surface area contributed by atoms with E-state index in [4.69, 9.17) is 19.7 Å². The number of aliphatic hydroxyl groups is 2. The molecule has 0 bridgehead atoms. The van der Waals surface area contributed by atoms with E-state index < -0.39 is 44.6 Å². The van der Waals surface area contributed by atoms with Crippen LogP contribution in [-0.2, 0) is 9.26 Å². The summed E-state index contributed by atoms with van der Waals surface area (Å²) in [5, 5.41) is 19.7. The number of hydrogen-bond acceptors (Lipinski definition) is 8. The van der Waals surface area contributed by atoms with Gasteiger partial charge in [-0.05, 0) is 0 Å². The van der Waals surface area contributed by atoms with E-state index in [1.54, 1.807) is 0 Å². The van der Waals surface area contributed by atoms with Gasteiger partial charge in [0.05, 0.1) is 12.8 Å². The van der Waals surface area contributed by atoms with Crippen LogP contribution in [0.4, 0.5) is 4.39 Å². The van der Waals surface area contributed by atoms with Crippen molar-refractivity contribution >= 4 is 20.7 Å². The molecule has 0 radical (unpaired) electrons. The maximum Gasteiger partial charge on any atom is 0.328 e. The number of H-pyrrole nitrogens is 1. The Morgan fingerprint density at radius 2 is 2.24 bits per heavy atom. The minimum absolute atomic E-state index is 0.298. The molecule has 2 heterocycles. The Balaban J connectivity index is 2.23. The molecule has 118 valence electrons. The summed E-state index contributed by atoms with van der Waals surface area (Å²) in [5.41, 5.74) is 4.23. The lowest BCUT2D eigenvalue weighted by atomic mass is 10.1. The molecule has 0 aromatic carbocycles. The van der Waals surface area contributed by atoms with Gasteiger partial charge in [-0.2, -0.15) is 0 Å². The summed E-state index contributed by atoms with van der Waals surface area (Å²) in [4.78, 5) is 22.6. The standard InChI is InChI=1S/C9H13FN3O6PS/c10-3-1-13(9(16)12-7(3)21)8-6(15)5(14)4(19-8)2-18-20(11)17/h1,4-6,8,14-15,17H,2,11H2,(H,12,16,21)/t4-,5-,6-,8-,20?/m1/s1. The van der Waals surface area contributed by atoms with Crippen LogP contribution in [0.3, 0.4) is 0 Å². The summed E-state index contributed by atoms with van der Waals surface area (Å²) in [6.07, 6.45) is -4.49. The molecule has 1 aromatic rings. The van der Waals surface area contributed by atoms with Gasteiger partial charge in [0, 0.05) is 0 Å². The molecule has 6 N–H and O–H groups in total. The molecule has 0 spiro atoms. The van der Waals surface area contributed by atoms with Crippen LogP contribution in [0, 0.1) is 10.5 Å². The van der Waals surface area contributed by atoms with Crippen LogP contribution in [0.1, 0.15) is 6.23 Å². The van der Waals surface area contributed by atoms with E-state index in [0.717, 1.165) is 10.8 Å². The molecule has 1 aliphatic rings. The first-order chi connectivity index (χ1) is 9.81. The first kappa shape index (κ1) is 16.6. The number of ether oxygens (including phenoxy) is 1. The highest BCUT2D eigenvalue weighted by Gasteiger charge is 2.44. The Morgan fingerprint density at radius 3 is 2.86 bits per heavy atom. The zero-order valence-electron chi connectivity index (χ0n) is 10.4. The highest BCUT2D eigenvalue weighted by Crippen LogP contribution is 2.31. The summed E-state index contributed by atoms with van der Waals surface area (Å²) in [6, 6.07) is 0. The second-order valence-corrected chi connectivity index (χ2v) is 5.56. The van der Waals surface area contributed by atoms with E-state index in [9.17, 15) is 19.4 Å². The van der Waals surface area contributed by atoms with Crippen molar-refractivity contribution in [3.63, 3.8) is 0 Å². The fourth-order valence-corrected chi connectivity index (χ4v) is 2.34. The lowest BCUT2D eigenvalue weighted by Crippen LogP contribution is -2.36. The molecule has 1 aliphatic heterocycles. The second-order valence-electron chi connectivity index (χ2n) is 4.29. The van der Waals surface area contributed by atoms with Crippen molar-refractivity contribution in [2.45, 2.75) is 24.5 Å². The number of aromatic amines is 1. The lowest BCUT2D eigenvalue weighted by Gasteiger charge is -2.17. The average molecular weight is 341 g/mol. The molecule has 1 aromatic heterocycles. The normalized spacial score (nSPS) is 30.5. The third kappa shape index (κ3) is 3.52. The van der Waals surface area contributed by atoms with Crippen LogP contribution in [0.15, 0.2) is 11.0 Å². The van der Waals surface area contributed by atoms with Crippen LogP contribution in [0.2, 0.25) is 0 Å². The smallest absolute Gasteiger partial charge is 0.328 e. The first-order valence-electron chi connectivity index (χ1n) is 5.70. The molecular weight excluding hydrogens is 328 g/mol. The molecule has 0 amide bonds. The molecule has 12 heteroatoms. The summed E-state index contributed by atoms with van der Waals surface area (Å²) >= 11 is 4.56. The number of aromatic nitrogens is 2. The van der Waals surface area contributed by atoms with E-state index in [1.165, 1.54) is 0 Å². The zero-order chi connectivity index (χ0) is 15.7. The van der Waals surface area contributed by atoms with E-state index in [0.29, 0.717) is 0 Å². The van der Waals surface area contributed by atoms with E-state index in [-0.39, 0.29) is 11.2 Å². The molecular formula is C9H13FN3O6PS. The van der Waals surface area contributed by atoms with Crippen LogP contribution in [0.5, 0.6) is 0 Å². The molecule has 5 atom stereocenters. The second kappa shape index (κ2) is 6.55. The fraction of sp³-hybridized carbons (Fsp3) is 0.556. The van der Waals surface area contributed by atoms with Gasteiger partial charge >= 0.3 is 5.69 Å². The van der Waals surface area contributed by atoms with Crippen molar-refractivity contribution in [1.29, 1.82) is 0 Å². The molecule has 1 saturated heterocycles. The van der Waals surface area contributed by atoms with Crippen molar-refractivity contribution in [1.82, 2.24) is 9.55 Å². The quantitative estimate of drug-likeness (QED) is 0.342. The van der Waals surface area contributed by atoms with Crippen molar-refractivity contribution in [3.05, 3.63) is 27.1 Å². The van der Waals surface area contributed by atoms with E-state index >= 15 is 0 Å². The number of hydrogen-bond donors (Lipinski definition) is 5. The van der Waals surface area contributed by atoms with Crippen LogP contribution in [0.25, 0.3) is 0 Å². The minimum atomic E-state index is -2.16. The Hall–Kier alpha value is -0.780. The van der Waals surface area contributed by atoms with Crippen molar-refractivity contribution in [3.8, 4) is 0 Å². The Kier molecular flexibility index (Phi) is 5.17. The lowest BCUT2D eigenvalue weighted by molar-refractivity contribution is -0.0518. The summed E-state index contributed by atoms with van der Waals surface area (Å²) in [7, 11) is -2.16. The van der Waals surface area contributed by atoms with Gasteiger partial charge in [-0.25, -0.2) is 9.18 Å². The Labute approximate surface area is 123 Å². The molecule has 21 heavy (non-hydrogen) atoms. The molecule has 9 nitrogen and oxygen atoms in total. The predicted molar refractivity (Wildman–Crippen MR) is 71.0 cm³/mol. The average Bonchev–Trinajstić information content (AvgIpc) is 2.68. The SMILES string of the molecule is NP(O)OC[C@H]1O[C@@H](n2cc(F)c(=S)[nH]c2=O)[C@H](O)[C@@H]1O. The number of nitrogens with two attached hydrogens (primary N) is 1. The van der Waals surface area contributed by atoms with E-state index in [1.807, 2.05) is 0 Å². The molecule has 0 saturated carbocycles. The zero-order valence-corrected chi connectivity index (χ0v) is 12.1. The first-order valence-corrected chi connectivity index (χ1v) is 7.39. The van der Waals surface area contributed by atoms with Crippen molar-refractivity contribution in [2.75, 3.05) is 6.61 Å². The molecule has 2 rings (SSSR count). The minimum Gasteiger partial charge on any atom is -0.387 e. The van der Waals surface area contributed by atoms with Crippen molar-refractivity contribution in [2.24, 2.45) is 5.50 Å². The number of nitrogens with zero attached hydrogens (tertiary/aromatic N) is 1. The van der Waals surface area contributed by atoms with Gasteiger partial charge in [0.15, 0.2) is 12.0 Å². The van der Waals surface area contributed by atoms with Gasteiger partial charge in [-0.15, -0.1) is 0 Å². The molecule has 1 fully saturated rings. The summed E-state index contributed by atoms with van der Waals surface area (Å²) in [5.74, 6) is -0.879.